The van der Waals surface area contributed by atoms with Crippen LogP contribution in [0.25, 0.3) is 0 Å². The Bertz CT molecular complexity index is 526. The van der Waals surface area contributed by atoms with Gasteiger partial charge in [0.2, 0.25) is 5.91 Å². The maximum absolute atomic E-state index is 12.3. The van der Waals surface area contributed by atoms with Gasteiger partial charge >= 0.3 is 0 Å². The molecule has 2 aliphatic carbocycles. The quantitative estimate of drug-likeness (QED) is 0.875. The highest BCUT2D eigenvalue weighted by atomic mass is 16.1. The van der Waals surface area contributed by atoms with E-state index >= 15 is 0 Å². The highest BCUT2D eigenvalue weighted by molar-refractivity contribution is 5.76. The third-order valence-electron chi connectivity index (χ3n) is 5.41. The molecule has 1 N–H and O–H groups in total. The van der Waals surface area contributed by atoms with Crippen LogP contribution in [0.5, 0.6) is 0 Å². The number of rotatable bonds is 6. The molecule has 0 unspecified atom stereocenters. The summed E-state index contributed by atoms with van der Waals surface area (Å²) in [4.78, 5) is 14.4. The predicted octanol–water partition coefficient (Wildman–Crippen LogP) is 3.19. The lowest BCUT2D eigenvalue weighted by atomic mass is 9.86. The van der Waals surface area contributed by atoms with Crippen LogP contribution in [0.2, 0.25) is 0 Å². The van der Waals surface area contributed by atoms with Crippen molar-refractivity contribution in [2.45, 2.75) is 45.2 Å². The van der Waals surface area contributed by atoms with Crippen molar-refractivity contribution in [3.05, 3.63) is 35.4 Å². The average molecular weight is 300 g/mol. The number of amides is 1. The number of carbonyl (C=O) groups excluding carboxylic acids is 1. The Kier molecular flexibility index (Phi) is 4.82. The van der Waals surface area contributed by atoms with Crippen molar-refractivity contribution < 1.29 is 4.79 Å². The van der Waals surface area contributed by atoms with Crippen LogP contribution in [-0.2, 0) is 17.9 Å². The lowest BCUT2D eigenvalue weighted by Crippen LogP contribution is -2.27. The summed E-state index contributed by atoms with van der Waals surface area (Å²) in [5, 5.41) is 3.14. The zero-order chi connectivity index (χ0) is 15.5. The van der Waals surface area contributed by atoms with Crippen molar-refractivity contribution in [1.29, 1.82) is 0 Å². The van der Waals surface area contributed by atoms with Crippen LogP contribution in [0, 0.1) is 17.8 Å². The molecule has 3 heteroatoms. The molecule has 0 radical (unpaired) electrons. The molecular weight excluding hydrogens is 272 g/mol. The van der Waals surface area contributed by atoms with E-state index in [-0.39, 0.29) is 5.91 Å². The van der Waals surface area contributed by atoms with Crippen LogP contribution < -0.4 is 5.32 Å². The van der Waals surface area contributed by atoms with Gasteiger partial charge in [-0.2, -0.15) is 0 Å². The van der Waals surface area contributed by atoms with E-state index in [1.807, 2.05) is 0 Å². The minimum Gasteiger partial charge on any atom is -0.352 e. The molecule has 1 aromatic rings. The van der Waals surface area contributed by atoms with E-state index < -0.39 is 0 Å². The van der Waals surface area contributed by atoms with Gasteiger partial charge in [-0.3, -0.25) is 4.79 Å². The van der Waals surface area contributed by atoms with Crippen LogP contribution in [0.1, 0.15) is 43.2 Å². The number of fused-ring (bicyclic) bond motifs is 2. The van der Waals surface area contributed by atoms with E-state index in [4.69, 9.17) is 0 Å². The molecule has 120 valence electrons. The monoisotopic (exact) mass is 300 g/mol. The van der Waals surface area contributed by atoms with Gasteiger partial charge in [0.05, 0.1) is 0 Å². The molecular formula is C19H28N2O. The maximum Gasteiger partial charge on any atom is 0.220 e. The first-order valence-electron chi connectivity index (χ1n) is 8.60. The number of nitrogens with zero attached hydrogens (tertiary/aromatic N) is 1. The first-order valence-corrected chi connectivity index (χ1v) is 8.60. The largest absolute Gasteiger partial charge is 0.352 e. The fraction of sp³-hybridized carbons (Fsp3) is 0.632. The minimum absolute atomic E-state index is 0.234. The van der Waals surface area contributed by atoms with Crippen molar-refractivity contribution in [1.82, 2.24) is 10.2 Å². The van der Waals surface area contributed by atoms with Crippen LogP contribution in [0.3, 0.4) is 0 Å². The van der Waals surface area contributed by atoms with E-state index in [9.17, 15) is 4.79 Å². The summed E-state index contributed by atoms with van der Waals surface area (Å²) in [7, 11) is 4.15. The van der Waals surface area contributed by atoms with E-state index in [1.54, 1.807) is 0 Å². The Hall–Kier alpha value is -1.35. The Morgan fingerprint density at radius 3 is 2.59 bits per heavy atom. The van der Waals surface area contributed by atoms with Gasteiger partial charge in [0, 0.05) is 19.5 Å². The summed E-state index contributed by atoms with van der Waals surface area (Å²) in [6, 6.07) is 8.39. The van der Waals surface area contributed by atoms with Gasteiger partial charge in [0.1, 0.15) is 0 Å². The van der Waals surface area contributed by atoms with Crippen molar-refractivity contribution in [3.8, 4) is 0 Å². The van der Waals surface area contributed by atoms with E-state index in [0.717, 1.165) is 24.8 Å². The molecule has 0 aliphatic heterocycles. The summed E-state index contributed by atoms with van der Waals surface area (Å²) in [6.07, 6.45) is 6.16. The lowest BCUT2D eigenvalue weighted by molar-refractivity contribution is -0.122. The third kappa shape index (κ3) is 3.70. The Balaban J connectivity index is 1.51. The molecule has 2 aliphatic rings. The molecule has 3 nitrogen and oxygen atoms in total. The lowest BCUT2D eigenvalue weighted by Gasteiger charge is -2.21. The van der Waals surface area contributed by atoms with Crippen molar-refractivity contribution in [3.63, 3.8) is 0 Å². The second-order valence-corrected chi connectivity index (χ2v) is 7.42. The number of benzene rings is 1. The second-order valence-electron chi connectivity index (χ2n) is 7.42. The Morgan fingerprint density at radius 2 is 1.95 bits per heavy atom. The van der Waals surface area contributed by atoms with Crippen LogP contribution in [0.15, 0.2) is 24.3 Å². The van der Waals surface area contributed by atoms with Crippen LogP contribution >= 0.6 is 0 Å². The Labute approximate surface area is 134 Å². The molecule has 2 fully saturated rings. The second kappa shape index (κ2) is 6.82. The smallest absolute Gasteiger partial charge is 0.220 e. The molecule has 22 heavy (non-hydrogen) atoms. The maximum atomic E-state index is 12.3. The summed E-state index contributed by atoms with van der Waals surface area (Å²) >= 11 is 0. The van der Waals surface area contributed by atoms with E-state index in [2.05, 4.69) is 48.6 Å². The molecule has 2 saturated carbocycles. The highest BCUT2D eigenvalue weighted by Gasteiger charge is 2.39. The molecule has 0 aromatic heterocycles. The van der Waals surface area contributed by atoms with Gasteiger partial charge in [-0.1, -0.05) is 30.7 Å². The average Bonchev–Trinajstić information content (AvgIpc) is 3.08. The van der Waals surface area contributed by atoms with Gasteiger partial charge in [-0.25, -0.2) is 0 Å². The summed E-state index contributed by atoms with van der Waals surface area (Å²) in [5.41, 5.74) is 2.53. The fourth-order valence-corrected chi connectivity index (χ4v) is 4.36. The standard InChI is InChI=1S/C19H28N2O/c1-21(2)13-17-6-4-3-5-16(17)12-20-19(22)11-18-10-14-7-8-15(18)9-14/h3-6,14-15,18H,7-13H2,1-2H3,(H,20,22)/t14-,15+,18-/m0/s1. The molecule has 0 saturated heterocycles. The first-order chi connectivity index (χ1) is 10.6. The summed E-state index contributed by atoms with van der Waals surface area (Å²) in [5.74, 6) is 2.63. The number of hydrogen-bond acceptors (Lipinski definition) is 2. The van der Waals surface area contributed by atoms with Crippen LogP contribution in [0.4, 0.5) is 0 Å². The number of hydrogen-bond donors (Lipinski definition) is 1. The third-order valence-corrected chi connectivity index (χ3v) is 5.41. The van der Waals surface area contributed by atoms with Crippen molar-refractivity contribution in [2.24, 2.45) is 17.8 Å². The SMILES string of the molecule is CN(C)Cc1ccccc1CNC(=O)C[C@@H]1C[C@H]2CC[C@@H]1C2. The fourth-order valence-electron chi connectivity index (χ4n) is 4.36. The predicted molar refractivity (Wildman–Crippen MR) is 89.2 cm³/mol. The molecule has 1 amide bonds. The van der Waals surface area contributed by atoms with Crippen molar-refractivity contribution >= 4 is 5.91 Å². The number of carbonyl (C=O) groups is 1. The summed E-state index contributed by atoms with van der Waals surface area (Å²) < 4.78 is 0. The minimum atomic E-state index is 0.234. The molecule has 1 aromatic carbocycles. The van der Waals surface area contributed by atoms with Crippen LogP contribution in [-0.4, -0.2) is 24.9 Å². The van der Waals surface area contributed by atoms with Gasteiger partial charge in [-0.05, 0) is 62.2 Å². The Morgan fingerprint density at radius 1 is 1.18 bits per heavy atom. The highest BCUT2D eigenvalue weighted by Crippen LogP contribution is 2.49. The van der Waals surface area contributed by atoms with Gasteiger partial charge in [0.25, 0.3) is 0 Å². The summed E-state index contributed by atoms with van der Waals surface area (Å²) in [6.45, 7) is 1.57. The number of nitrogens with one attached hydrogen (secondary N) is 1. The van der Waals surface area contributed by atoms with Gasteiger partial charge < -0.3 is 10.2 Å². The molecule has 0 heterocycles. The molecule has 3 rings (SSSR count). The first kappa shape index (κ1) is 15.5. The van der Waals surface area contributed by atoms with Gasteiger partial charge in [-0.15, -0.1) is 0 Å². The molecule has 0 spiro atoms. The topological polar surface area (TPSA) is 32.3 Å². The molecule has 2 bridgehead atoms. The van der Waals surface area contributed by atoms with Gasteiger partial charge in [0.15, 0.2) is 0 Å². The zero-order valence-electron chi connectivity index (χ0n) is 13.8. The normalized spacial score (nSPS) is 26.6. The van der Waals surface area contributed by atoms with Crippen molar-refractivity contribution in [2.75, 3.05) is 14.1 Å². The zero-order valence-corrected chi connectivity index (χ0v) is 13.8. The van der Waals surface area contributed by atoms with E-state index in [1.165, 1.54) is 36.8 Å². The molecule has 3 atom stereocenters. The van der Waals surface area contributed by atoms with E-state index in [0.29, 0.717) is 12.5 Å².